The highest BCUT2D eigenvalue weighted by atomic mass is 16.6. The molecule has 2 aliphatic heterocycles. The number of aromatic nitrogens is 4. The number of hydrogen-bond donors (Lipinski definition) is 0. The standard InChI is InChI=1S/C20H20N6O3/c27-19(16-7-4-8-17-18(16)29-14-13-28-17)24-9-11-25(12-10-24)20-21-22-23-26(20)15-5-2-1-3-6-15/h1-8H,9-14H2. The van der Waals surface area contributed by atoms with Gasteiger partial charge in [-0.2, -0.15) is 4.68 Å². The molecule has 2 aliphatic rings. The molecule has 1 amide bonds. The second-order valence-corrected chi connectivity index (χ2v) is 6.84. The molecular weight excluding hydrogens is 372 g/mol. The van der Waals surface area contributed by atoms with E-state index in [4.69, 9.17) is 9.47 Å². The van der Waals surface area contributed by atoms with Crippen LogP contribution in [-0.2, 0) is 0 Å². The van der Waals surface area contributed by atoms with E-state index in [0.29, 0.717) is 62.4 Å². The van der Waals surface area contributed by atoms with Crippen molar-refractivity contribution in [3.63, 3.8) is 0 Å². The van der Waals surface area contributed by atoms with Crippen LogP contribution in [0.15, 0.2) is 48.5 Å². The van der Waals surface area contributed by atoms with Gasteiger partial charge < -0.3 is 19.3 Å². The Balaban J connectivity index is 1.31. The van der Waals surface area contributed by atoms with Crippen LogP contribution in [0, 0.1) is 0 Å². The zero-order valence-corrected chi connectivity index (χ0v) is 15.8. The summed E-state index contributed by atoms with van der Waals surface area (Å²) in [7, 11) is 0. The maximum Gasteiger partial charge on any atom is 0.257 e. The zero-order valence-electron chi connectivity index (χ0n) is 15.8. The molecule has 5 rings (SSSR count). The van der Waals surface area contributed by atoms with Crippen molar-refractivity contribution < 1.29 is 14.3 Å². The number of ether oxygens (including phenoxy) is 2. The Kier molecular flexibility index (Phi) is 4.47. The highest BCUT2D eigenvalue weighted by Gasteiger charge is 2.28. The highest BCUT2D eigenvalue weighted by Crippen LogP contribution is 2.34. The average Bonchev–Trinajstić information content (AvgIpc) is 3.29. The van der Waals surface area contributed by atoms with E-state index >= 15 is 0 Å². The molecule has 0 bridgehead atoms. The van der Waals surface area contributed by atoms with Crippen molar-refractivity contribution in [2.45, 2.75) is 0 Å². The molecule has 148 valence electrons. The van der Waals surface area contributed by atoms with Gasteiger partial charge in [-0.05, 0) is 34.7 Å². The molecule has 9 heteroatoms. The van der Waals surface area contributed by atoms with Gasteiger partial charge in [-0.25, -0.2) is 0 Å². The Morgan fingerprint density at radius 2 is 1.69 bits per heavy atom. The van der Waals surface area contributed by atoms with Gasteiger partial charge in [0.25, 0.3) is 5.91 Å². The Bertz CT molecular complexity index is 1010. The molecule has 3 heterocycles. The fourth-order valence-electron chi connectivity index (χ4n) is 3.64. The smallest absolute Gasteiger partial charge is 0.257 e. The first kappa shape index (κ1) is 17.5. The number of anilines is 1. The number of nitrogens with zero attached hydrogens (tertiary/aromatic N) is 6. The van der Waals surface area contributed by atoms with Gasteiger partial charge in [0.1, 0.15) is 13.2 Å². The Morgan fingerprint density at radius 1 is 0.897 bits per heavy atom. The molecular formula is C20H20N6O3. The molecule has 0 atom stereocenters. The lowest BCUT2D eigenvalue weighted by atomic mass is 10.1. The lowest BCUT2D eigenvalue weighted by molar-refractivity contribution is 0.0735. The third kappa shape index (κ3) is 3.24. The normalized spacial score (nSPS) is 16.0. The summed E-state index contributed by atoms with van der Waals surface area (Å²) in [4.78, 5) is 17.0. The molecule has 0 N–H and O–H groups in total. The number of benzene rings is 2. The molecule has 1 aromatic heterocycles. The van der Waals surface area contributed by atoms with Gasteiger partial charge in [0.15, 0.2) is 11.5 Å². The number of carbonyl (C=O) groups is 1. The van der Waals surface area contributed by atoms with E-state index < -0.39 is 0 Å². The second-order valence-electron chi connectivity index (χ2n) is 6.84. The van der Waals surface area contributed by atoms with Crippen molar-refractivity contribution in [3.8, 4) is 17.2 Å². The second kappa shape index (κ2) is 7.42. The molecule has 0 unspecified atom stereocenters. The lowest BCUT2D eigenvalue weighted by Crippen LogP contribution is -2.49. The van der Waals surface area contributed by atoms with E-state index in [1.807, 2.05) is 47.4 Å². The number of hydrogen-bond acceptors (Lipinski definition) is 7. The van der Waals surface area contributed by atoms with Crippen molar-refractivity contribution in [1.29, 1.82) is 0 Å². The van der Waals surface area contributed by atoms with Gasteiger partial charge in [-0.15, -0.1) is 0 Å². The first-order valence-electron chi connectivity index (χ1n) is 9.58. The van der Waals surface area contributed by atoms with Gasteiger partial charge in [-0.1, -0.05) is 29.4 Å². The number of para-hydroxylation sites is 2. The Morgan fingerprint density at radius 3 is 2.52 bits per heavy atom. The van der Waals surface area contributed by atoms with Gasteiger partial charge in [0.05, 0.1) is 11.3 Å². The summed E-state index contributed by atoms with van der Waals surface area (Å²) in [6.45, 7) is 3.39. The van der Waals surface area contributed by atoms with E-state index in [1.54, 1.807) is 10.7 Å². The van der Waals surface area contributed by atoms with Crippen molar-refractivity contribution in [1.82, 2.24) is 25.1 Å². The summed E-state index contributed by atoms with van der Waals surface area (Å²) in [6, 6.07) is 15.2. The van der Waals surface area contributed by atoms with Crippen molar-refractivity contribution in [2.24, 2.45) is 0 Å². The van der Waals surface area contributed by atoms with Gasteiger partial charge in [0, 0.05) is 26.2 Å². The van der Waals surface area contributed by atoms with E-state index in [-0.39, 0.29) is 5.91 Å². The molecule has 0 aliphatic carbocycles. The van der Waals surface area contributed by atoms with Crippen LogP contribution in [0.5, 0.6) is 11.5 Å². The molecule has 0 saturated carbocycles. The van der Waals surface area contributed by atoms with Crippen molar-refractivity contribution in [3.05, 3.63) is 54.1 Å². The summed E-state index contributed by atoms with van der Waals surface area (Å²) >= 11 is 0. The molecule has 29 heavy (non-hydrogen) atoms. The van der Waals surface area contributed by atoms with Crippen molar-refractivity contribution >= 4 is 11.9 Å². The summed E-state index contributed by atoms with van der Waals surface area (Å²) in [5.41, 5.74) is 1.45. The van der Waals surface area contributed by atoms with Crippen LogP contribution in [0.25, 0.3) is 5.69 Å². The third-order valence-corrected chi connectivity index (χ3v) is 5.10. The van der Waals surface area contributed by atoms with Gasteiger partial charge >= 0.3 is 0 Å². The summed E-state index contributed by atoms with van der Waals surface area (Å²) in [5.74, 6) is 1.80. The number of amides is 1. The molecule has 0 spiro atoms. The van der Waals surface area contributed by atoms with E-state index in [9.17, 15) is 4.79 Å². The van der Waals surface area contributed by atoms with Crippen LogP contribution in [0.2, 0.25) is 0 Å². The topological polar surface area (TPSA) is 85.6 Å². The number of piperazine rings is 1. The lowest BCUT2D eigenvalue weighted by Gasteiger charge is -2.35. The van der Waals surface area contributed by atoms with Crippen LogP contribution in [0.4, 0.5) is 5.95 Å². The first-order chi connectivity index (χ1) is 14.3. The quantitative estimate of drug-likeness (QED) is 0.666. The Labute approximate surface area is 167 Å². The van der Waals surface area contributed by atoms with E-state index in [1.165, 1.54) is 0 Å². The highest BCUT2D eigenvalue weighted by molar-refractivity contribution is 5.98. The number of fused-ring (bicyclic) bond motifs is 1. The predicted octanol–water partition coefficient (Wildman–Crippen LogP) is 1.40. The van der Waals surface area contributed by atoms with Crippen LogP contribution in [0.3, 0.4) is 0 Å². The van der Waals surface area contributed by atoms with Crippen LogP contribution in [-0.4, -0.2) is 70.4 Å². The fourth-order valence-corrected chi connectivity index (χ4v) is 3.64. The monoisotopic (exact) mass is 392 g/mol. The largest absolute Gasteiger partial charge is 0.486 e. The number of tetrazole rings is 1. The minimum absolute atomic E-state index is 0.0466. The minimum atomic E-state index is -0.0466. The first-order valence-corrected chi connectivity index (χ1v) is 9.58. The van der Waals surface area contributed by atoms with E-state index in [0.717, 1.165) is 5.69 Å². The molecule has 1 saturated heterocycles. The number of carbonyl (C=O) groups excluding carboxylic acids is 1. The Hall–Kier alpha value is -3.62. The zero-order chi connectivity index (χ0) is 19.6. The summed E-state index contributed by atoms with van der Waals surface area (Å²) in [6.07, 6.45) is 0. The molecule has 9 nitrogen and oxygen atoms in total. The van der Waals surface area contributed by atoms with Gasteiger partial charge in [0.2, 0.25) is 5.95 Å². The molecule has 0 radical (unpaired) electrons. The SMILES string of the molecule is O=C(c1cccc2c1OCCO2)N1CCN(c2nnnn2-c2ccccc2)CC1. The van der Waals surface area contributed by atoms with Crippen LogP contribution in [0.1, 0.15) is 10.4 Å². The van der Waals surface area contributed by atoms with E-state index in [2.05, 4.69) is 20.4 Å². The maximum atomic E-state index is 13.1. The minimum Gasteiger partial charge on any atom is -0.486 e. The predicted molar refractivity (Wildman–Crippen MR) is 105 cm³/mol. The van der Waals surface area contributed by atoms with Crippen LogP contribution < -0.4 is 14.4 Å². The maximum absolute atomic E-state index is 13.1. The molecule has 2 aromatic carbocycles. The van der Waals surface area contributed by atoms with Crippen LogP contribution >= 0.6 is 0 Å². The third-order valence-electron chi connectivity index (χ3n) is 5.10. The van der Waals surface area contributed by atoms with Gasteiger partial charge in [-0.3, -0.25) is 4.79 Å². The van der Waals surface area contributed by atoms with Crippen molar-refractivity contribution in [2.75, 3.05) is 44.3 Å². The summed E-state index contributed by atoms with van der Waals surface area (Å²) < 4.78 is 13.0. The average molecular weight is 392 g/mol. The fraction of sp³-hybridized carbons (Fsp3) is 0.300. The summed E-state index contributed by atoms with van der Waals surface area (Å²) in [5, 5.41) is 12.1. The molecule has 3 aromatic rings. The number of rotatable bonds is 3. The molecule has 1 fully saturated rings.